The molecule has 0 bridgehead atoms. The summed E-state index contributed by atoms with van der Waals surface area (Å²) in [5.74, 6) is -0.451. The molecule has 2 aromatic heterocycles. The number of carbonyl (C=O) groups is 1. The Morgan fingerprint density at radius 3 is 2.85 bits per heavy atom. The number of thiazole rings is 1. The average molecular weight is 310 g/mol. The van der Waals surface area contributed by atoms with Crippen molar-refractivity contribution in [3.8, 4) is 10.6 Å². The number of nitrogens with zero attached hydrogens (tertiary/aromatic N) is 1. The predicted molar refractivity (Wildman–Crippen MR) is 83.1 cm³/mol. The van der Waals surface area contributed by atoms with Gasteiger partial charge in [0, 0.05) is 22.9 Å². The fourth-order valence-electron chi connectivity index (χ4n) is 1.88. The minimum absolute atomic E-state index is 0.348. The number of rotatable bonds is 7. The molecular formula is C14H18N2O2S2. The molecule has 0 aliphatic carbocycles. The average Bonchev–Trinajstić information content (AvgIpc) is 3.03. The zero-order chi connectivity index (χ0) is 14.5. The highest BCUT2D eigenvalue weighted by molar-refractivity contribution is 7.14. The van der Waals surface area contributed by atoms with Gasteiger partial charge in [0.15, 0.2) is 0 Å². The molecule has 6 heteroatoms. The van der Waals surface area contributed by atoms with Gasteiger partial charge in [-0.2, -0.15) is 11.3 Å². The molecule has 0 radical (unpaired) electrons. The van der Waals surface area contributed by atoms with E-state index in [1.807, 2.05) is 30.7 Å². The van der Waals surface area contributed by atoms with Crippen molar-refractivity contribution >= 4 is 28.6 Å². The second kappa shape index (κ2) is 6.97. The minimum Gasteiger partial charge on any atom is -0.480 e. The van der Waals surface area contributed by atoms with Crippen molar-refractivity contribution in [1.82, 2.24) is 10.3 Å². The number of carboxylic acid groups (broad SMARTS) is 1. The molecule has 108 valence electrons. The fraction of sp³-hybridized carbons (Fsp3) is 0.429. The molecule has 0 aliphatic rings. The fourth-order valence-corrected chi connectivity index (χ4v) is 3.41. The van der Waals surface area contributed by atoms with E-state index in [4.69, 9.17) is 0 Å². The Balaban J connectivity index is 1.95. The summed E-state index contributed by atoms with van der Waals surface area (Å²) < 4.78 is 0. The number of aliphatic carboxylic acids is 1. The summed E-state index contributed by atoms with van der Waals surface area (Å²) in [6.07, 6.45) is 0.622. The molecule has 0 fully saturated rings. The van der Waals surface area contributed by atoms with E-state index >= 15 is 0 Å². The van der Waals surface area contributed by atoms with Crippen molar-refractivity contribution < 1.29 is 9.90 Å². The van der Waals surface area contributed by atoms with Crippen LogP contribution in [0.4, 0.5) is 0 Å². The van der Waals surface area contributed by atoms with E-state index in [1.165, 1.54) is 0 Å². The van der Waals surface area contributed by atoms with E-state index in [2.05, 4.69) is 15.7 Å². The summed E-state index contributed by atoms with van der Waals surface area (Å²) in [5.41, 5.74) is 2.02. The molecule has 0 aromatic carbocycles. The van der Waals surface area contributed by atoms with Crippen LogP contribution in [0.15, 0.2) is 22.2 Å². The van der Waals surface area contributed by atoms with Crippen LogP contribution < -0.4 is 5.32 Å². The summed E-state index contributed by atoms with van der Waals surface area (Å²) in [7, 11) is 0. The molecule has 4 nitrogen and oxygen atoms in total. The Hall–Kier alpha value is -1.24. The van der Waals surface area contributed by atoms with Gasteiger partial charge in [0.2, 0.25) is 0 Å². The van der Waals surface area contributed by atoms with Crippen molar-refractivity contribution in [2.75, 3.05) is 0 Å². The molecule has 0 amide bonds. The summed E-state index contributed by atoms with van der Waals surface area (Å²) in [6.45, 7) is 4.54. The zero-order valence-corrected chi connectivity index (χ0v) is 13.1. The summed E-state index contributed by atoms with van der Waals surface area (Å²) >= 11 is 3.24. The lowest BCUT2D eigenvalue weighted by atomic mass is 10.0. The standard InChI is InChI=1S/C14H18N2O2S2/c1-9(2)5-12(14(17)18)15-6-11-8-20-13(16-11)10-3-4-19-7-10/h3-4,7-9,12,15H,5-6H2,1-2H3,(H,17,18)/t12-/m1/s1. The topological polar surface area (TPSA) is 62.2 Å². The van der Waals surface area contributed by atoms with E-state index in [1.54, 1.807) is 22.7 Å². The molecule has 0 spiro atoms. The molecule has 20 heavy (non-hydrogen) atoms. The first-order chi connectivity index (χ1) is 9.56. The van der Waals surface area contributed by atoms with Gasteiger partial charge in [-0.15, -0.1) is 11.3 Å². The number of aromatic nitrogens is 1. The quantitative estimate of drug-likeness (QED) is 0.822. The molecule has 2 N–H and O–H groups in total. The van der Waals surface area contributed by atoms with E-state index in [0.29, 0.717) is 18.9 Å². The second-order valence-electron chi connectivity index (χ2n) is 5.06. The summed E-state index contributed by atoms with van der Waals surface area (Å²) in [5, 5.41) is 19.3. The first-order valence-corrected chi connectivity index (χ1v) is 8.31. The molecule has 2 aromatic rings. The second-order valence-corrected chi connectivity index (χ2v) is 6.70. The number of hydrogen-bond donors (Lipinski definition) is 2. The first-order valence-electron chi connectivity index (χ1n) is 6.49. The minimum atomic E-state index is -0.799. The van der Waals surface area contributed by atoms with Crippen LogP contribution >= 0.6 is 22.7 Å². The highest BCUT2D eigenvalue weighted by Gasteiger charge is 2.18. The first kappa shape index (κ1) is 15.2. The highest BCUT2D eigenvalue weighted by Crippen LogP contribution is 2.25. The molecule has 0 saturated heterocycles. The maximum absolute atomic E-state index is 11.2. The molecular weight excluding hydrogens is 292 g/mol. The third kappa shape index (κ3) is 4.13. The van der Waals surface area contributed by atoms with Gasteiger partial charge in [0.1, 0.15) is 11.0 Å². The maximum Gasteiger partial charge on any atom is 0.320 e. The van der Waals surface area contributed by atoms with Crippen LogP contribution in [0.25, 0.3) is 10.6 Å². The number of hydrogen-bond acceptors (Lipinski definition) is 5. The van der Waals surface area contributed by atoms with Gasteiger partial charge in [0.05, 0.1) is 5.69 Å². The van der Waals surface area contributed by atoms with Crippen LogP contribution in [0.2, 0.25) is 0 Å². The van der Waals surface area contributed by atoms with Gasteiger partial charge in [-0.1, -0.05) is 13.8 Å². The van der Waals surface area contributed by atoms with Crippen LogP contribution in [0.5, 0.6) is 0 Å². The Morgan fingerprint density at radius 2 is 2.25 bits per heavy atom. The SMILES string of the molecule is CC(C)C[C@@H](NCc1csc(-c2ccsc2)n1)C(=O)O. The predicted octanol–water partition coefficient (Wildman–Crippen LogP) is 3.46. The van der Waals surface area contributed by atoms with Crippen molar-refractivity contribution in [3.63, 3.8) is 0 Å². The molecule has 0 aliphatic heterocycles. The van der Waals surface area contributed by atoms with Gasteiger partial charge < -0.3 is 5.11 Å². The number of carboxylic acids is 1. The van der Waals surface area contributed by atoms with Crippen molar-refractivity contribution in [2.45, 2.75) is 32.9 Å². The van der Waals surface area contributed by atoms with Gasteiger partial charge in [-0.05, 0) is 23.8 Å². The Labute approximate surface area is 126 Å². The lowest BCUT2D eigenvalue weighted by Gasteiger charge is -2.15. The zero-order valence-electron chi connectivity index (χ0n) is 11.5. The van der Waals surface area contributed by atoms with Crippen molar-refractivity contribution in [1.29, 1.82) is 0 Å². The van der Waals surface area contributed by atoms with Crippen LogP contribution in [-0.2, 0) is 11.3 Å². The van der Waals surface area contributed by atoms with Crippen molar-refractivity contribution in [2.24, 2.45) is 5.92 Å². The van der Waals surface area contributed by atoms with E-state index < -0.39 is 12.0 Å². The molecule has 0 unspecified atom stereocenters. The van der Waals surface area contributed by atoms with Crippen LogP contribution in [-0.4, -0.2) is 22.1 Å². The monoisotopic (exact) mass is 310 g/mol. The lowest BCUT2D eigenvalue weighted by Crippen LogP contribution is -2.37. The van der Waals surface area contributed by atoms with Crippen LogP contribution in [0, 0.1) is 5.92 Å². The Kier molecular flexibility index (Phi) is 5.28. The van der Waals surface area contributed by atoms with Crippen molar-refractivity contribution in [3.05, 3.63) is 27.9 Å². The number of nitrogens with one attached hydrogen (secondary N) is 1. The van der Waals surface area contributed by atoms with Crippen LogP contribution in [0.1, 0.15) is 26.0 Å². The Bertz CT molecular complexity index is 549. The normalized spacial score (nSPS) is 12.8. The molecule has 2 heterocycles. The maximum atomic E-state index is 11.2. The smallest absolute Gasteiger partial charge is 0.320 e. The lowest BCUT2D eigenvalue weighted by molar-refractivity contribution is -0.140. The van der Waals surface area contributed by atoms with Crippen LogP contribution in [0.3, 0.4) is 0 Å². The van der Waals surface area contributed by atoms with Gasteiger partial charge >= 0.3 is 5.97 Å². The van der Waals surface area contributed by atoms with Gasteiger partial charge in [-0.25, -0.2) is 4.98 Å². The van der Waals surface area contributed by atoms with E-state index in [9.17, 15) is 9.90 Å². The van der Waals surface area contributed by atoms with Gasteiger partial charge in [0.25, 0.3) is 0 Å². The molecule has 1 atom stereocenters. The molecule has 2 rings (SSSR count). The highest BCUT2D eigenvalue weighted by atomic mass is 32.1. The Morgan fingerprint density at radius 1 is 1.45 bits per heavy atom. The third-order valence-electron chi connectivity index (χ3n) is 2.85. The summed E-state index contributed by atoms with van der Waals surface area (Å²) in [6, 6.07) is 1.53. The summed E-state index contributed by atoms with van der Waals surface area (Å²) in [4.78, 5) is 15.7. The van der Waals surface area contributed by atoms with E-state index in [-0.39, 0.29) is 0 Å². The third-order valence-corrected chi connectivity index (χ3v) is 4.48. The largest absolute Gasteiger partial charge is 0.480 e. The van der Waals surface area contributed by atoms with Gasteiger partial charge in [-0.3, -0.25) is 10.1 Å². The van der Waals surface area contributed by atoms with E-state index in [0.717, 1.165) is 16.3 Å². The number of thiophene rings is 1. The molecule has 0 saturated carbocycles.